The predicted molar refractivity (Wildman–Crippen MR) is 136 cm³/mol. The molecule has 0 spiro atoms. The van der Waals surface area contributed by atoms with E-state index in [2.05, 4.69) is 39.1 Å². The monoisotopic (exact) mass is 539 g/mol. The number of likely N-dealkylation sites (tertiary alicyclic amines) is 1. The highest BCUT2D eigenvalue weighted by atomic mass is 127. The molecular weight excluding hydrogens is 505 g/mol. The molecule has 1 aromatic heterocycles. The van der Waals surface area contributed by atoms with Gasteiger partial charge in [-0.3, -0.25) is 4.68 Å². The van der Waals surface area contributed by atoms with Crippen LogP contribution < -0.4 is 16.0 Å². The van der Waals surface area contributed by atoms with Crippen molar-refractivity contribution in [3.05, 3.63) is 47.8 Å². The minimum Gasteiger partial charge on any atom is -0.357 e. The van der Waals surface area contributed by atoms with E-state index in [1.807, 2.05) is 56.0 Å². The zero-order chi connectivity index (χ0) is 21.5. The lowest BCUT2D eigenvalue weighted by Gasteiger charge is -2.21. The molecule has 1 aliphatic rings. The van der Waals surface area contributed by atoms with E-state index in [4.69, 9.17) is 4.99 Å². The van der Waals surface area contributed by atoms with E-state index in [9.17, 15) is 4.79 Å². The first-order valence-electron chi connectivity index (χ1n) is 10.6. The maximum Gasteiger partial charge on any atom is 0.319 e. The van der Waals surface area contributed by atoms with Gasteiger partial charge in [-0.2, -0.15) is 5.10 Å². The molecule has 3 rings (SSSR count). The summed E-state index contributed by atoms with van der Waals surface area (Å²) in [5, 5.41) is 13.4. The maximum atomic E-state index is 11.8. The van der Waals surface area contributed by atoms with Gasteiger partial charge in [-0.1, -0.05) is 12.1 Å². The third kappa shape index (κ3) is 7.41. The summed E-state index contributed by atoms with van der Waals surface area (Å²) in [7, 11) is 1.96. The molecule has 9 heteroatoms. The first-order chi connectivity index (χ1) is 14.4. The summed E-state index contributed by atoms with van der Waals surface area (Å²) in [4.78, 5) is 19.0. The van der Waals surface area contributed by atoms with E-state index >= 15 is 0 Å². The van der Waals surface area contributed by atoms with Crippen LogP contribution >= 0.6 is 24.0 Å². The van der Waals surface area contributed by atoms with Crippen LogP contribution in [0.5, 0.6) is 0 Å². The molecule has 1 unspecified atom stereocenters. The number of aromatic nitrogens is 2. The highest BCUT2D eigenvalue weighted by Crippen LogP contribution is 2.26. The second kappa shape index (κ2) is 11.9. The minimum absolute atomic E-state index is 0. The number of aliphatic imine (C=N–C) groups is 1. The van der Waals surface area contributed by atoms with Gasteiger partial charge < -0.3 is 20.9 Å². The van der Waals surface area contributed by atoms with Gasteiger partial charge in [0.05, 0.1) is 12.7 Å². The Balaban J connectivity index is 0.00000341. The van der Waals surface area contributed by atoms with E-state index < -0.39 is 0 Å². The number of carbonyl (C=O) groups excluding carboxylic acids is 1. The first-order valence-corrected chi connectivity index (χ1v) is 10.6. The topological polar surface area (TPSA) is 86.6 Å². The molecule has 1 aliphatic heterocycles. The average Bonchev–Trinajstić information content (AvgIpc) is 3.34. The van der Waals surface area contributed by atoms with Gasteiger partial charge in [0.2, 0.25) is 0 Å². The highest BCUT2D eigenvalue weighted by molar-refractivity contribution is 14.0. The van der Waals surface area contributed by atoms with Crippen molar-refractivity contribution < 1.29 is 4.79 Å². The fraction of sp³-hybridized carbons (Fsp3) is 0.500. The van der Waals surface area contributed by atoms with Gasteiger partial charge in [0.15, 0.2) is 5.96 Å². The Hall–Kier alpha value is -2.30. The Morgan fingerprint density at radius 1 is 1.29 bits per heavy atom. The summed E-state index contributed by atoms with van der Waals surface area (Å²) in [6.07, 6.45) is 5.18. The number of amides is 2. The Labute approximate surface area is 201 Å². The number of halogens is 1. The van der Waals surface area contributed by atoms with Crippen molar-refractivity contribution in [3.63, 3.8) is 0 Å². The number of benzene rings is 1. The molecule has 0 radical (unpaired) electrons. The van der Waals surface area contributed by atoms with E-state index in [1.54, 1.807) is 0 Å². The van der Waals surface area contributed by atoms with Crippen molar-refractivity contribution in [2.75, 3.05) is 25.0 Å². The molecule has 1 aromatic carbocycles. The number of nitrogens with zero attached hydrogens (tertiary/aromatic N) is 4. The van der Waals surface area contributed by atoms with Crippen LogP contribution in [0.3, 0.4) is 0 Å². The van der Waals surface area contributed by atoms with E-state index in [-0.39, 0.29) is 36.0 Å². The number of hydrogen-bond acceptors (Lipinski definition) is 3. The van der Waals surface area contributed by atoms with Gasteiger partial charge in [-0.25, -0.2) is 9.79 Å². The summed E-state index contributed by atoms with van der Waals surface area (Å²) in [5.74, 6) is 1.44. The second-order valence-electron chi connectivity index (χ2n) is 8.00. The lowest BCUT2D eigenvalue weighted by atomic mass is 10.0. The van der Waals surface area contributed by atoms with E-state index in [0.717, 1.165) is 43.3 Å². The highest BCUT2D eigenvalue weighted by Gasteiger charge is 2.26. The van der Waals surface area contributed by atoms with Crippen LogP contribution in [0.2, 0.25) is 0 Å². The summed E-state index contributed by atoms with van der Waals surface area (Å²) in [6, 6.07) is 7.73. The zero-order valence-electron chi connectivity index (χ0n) is 18.8. The molecular formula is C22H34IN7O. The van der Waals surface area contributed by atoms with Gasteiger partial charge in [-0.15, -0.1) is 24.0 Å². The predicted octanol–water partition coefficient (Wildman–Crippen LogP) is 3.52. The standard InChI is InChI=1S/C22H33N7O.HI/c1-5-23-21(29-11-10-18(15-29)19-13-25-28(4)14-19)24-12-17-6-8-20(9-7-17)27-22(30)26-16(2)3;/h6-9,13-14,16,18H,5,10-12,15H2,1-4H3,(H,23,24)(H2,26,27,30);1H. The Kier molecular flexibility index (Phi) is 9.60. The summed E-state index contributed by atoms with van der Waals surface area (Å²) in [5.41, 5.74) is 3.16. The first kappa shape index (κ1) is 25.0. The smallest absolute Gasteiger partial charge is 0.319 e. The lowest BCUT2D eigenvalue weighted by Crippen LogP contribution is -2.40. The van der Waals surface area contributed by atoms with Crippen molar-refractivity contribution >= 4 is 41.7 Å². The van der Waals surface area contributed by atoms with Gasteiger partial charge >= 0.3 is 6.03 Å². The van der Waals surface area contributed by atoms with Crippen molar-refractivity contribution in [2.24, 2.45) is 12.0 Å². The number of nitrogens with one attached hydrogen (secondary N) is 3. The SMILES string of the molecule is CCNC(=NCc1ccc(NC(=O)NC(C)C)cc1)N1CCC(c2cnn(C)c2)C1.I. The van der Waals surface area contributed by atoms with Crippen molar-refractivity contribution in [1.82, 2.24) is 25.3 Å². The fourth-order valence-electron chi connectivity index (χ4n) is 3.59. The number of hydrogen-bond donors (Lipinski definition) is 3. The molecule has 170 valence electrons. The number of anilines is 1. The Morgan fingerprint density at radius 3 is 2.65 bits per heavy atom. The third-order valence-corrected chi connectivity index (χ3v) is 5.06. The summed E-state index contributed by atoms with van der Waals surface area (Å²) >= 11 is 0. The molecule has 0 saturated carbocycles. The molecule has 8 nitrogen and oxygen atoms in total. The number of aryl methyl sites for hydroxylation is 1. The molecule has 3 N–H and O–H groups in total. The molecule has 1 saturated heterocycles. The number of guanidine groups is 1. The lowest BCUT2D eigenvalue weighted by molar-refractivity contribution is 0.250. The molecule has 2 heterocycles. The number of carbonyl (C=O) groups is 1. The quantitative estimate of drug-likeness (QED) is 0.298. The normalized spacial score (nSPS) is 16.2. The second-order valence-corrected chi connectivity index (χ2v) is 8.00. The molecule has 0 aliphatic carbocycles. The summed E-state index contributed by atoms with van der Waals surface area (Å²) < 4.78 is 1.86. The fourth-order valence-corrected chi connectivity index (χ4v) is 3.59. The van der Waals surface area contributed by atoms with Crippen molar-refractivity contribution in [2.45, 2.75) is 45.7 Å². The zero-order valence-corrected chi connectivity index (χ0v) is 21.1. The van der Waals surface area contributed by atoms with Crippen molar-refractivity contribution in [3.8, 4) is 0 Å². The van der Waals surface area contributed by atoms with E-state index in [1.165, 1.54) is 5.56 Å². The molecule has 0 bridgehead atoms. The molecule has 31 heavy (non-hydrogen) atoms. The number of rotatable bonds is 6. The molecule has 2 aromatic rings. The Bertz CT molecular complexity index is 863. The average molecular weight is 539 g/mol. The van der Waals surface area contributed by atoms with Crippen LogP contribution in [0, 0.1) is 0 Å². The minimum atomic E-state index is -0.192. The molecule has 1 atom stereocenters. The third-order valence-electron chi connectivity index (χ3n) is 5.06. The van der Waals surface area contributed by atoms with Crippen LogP contribution in [0.15, 0.2) is 41.7 Å². The summed E-state index contributed by atoms with van der Waals surface area (Å²) in [6.45, 7) is 9.32. The van der Waals surface area contributed by atoms with Crippen LogP contribution in [-0.4, -0.2) is 52.3 Å². The Morgan fingerprint density at radius 2 is 2.03 bits per heavy atom. The van der Waals surface area contributed by atoms with Gasteiger partial charge in [0.25, 0.3) is 0 Å². The molecule has 2 amide bonds. The van der Waals surface area contributed by atoms with Crippen LogP contribution in [0.25, 0.3) is 0 Å². The van der Waals surface area contributed by atoms with Crippen LogP contribution in [-0.2, 0) is 13.6 Å². The van der Waals surface area contributed by atoms with Gasteiger partial charge in [-0.05, 0) is 50.5 Å². The maximum absolute atomic E-state index is 11.8. The largest absolute Gasteiger partial charge is 0.357 e. The van der Waals surface area contributed by atoms with Gasteiger partial charge in [0.1, 0.15) is 0 Å². The molecule has 1 fully saturated rings. The van der Waals surface area contributed by atoms with Crippen LogP contribution in [0.4, 0.5) is 10.5 Å². The van der Waals surface area contributed by atoms with Gasteiger partial charge in [0, 0.05) is 50.5 Å². The van der Waals surface area contributed by atoms with Crippen molar-refractivity contribution in [1.29, 1.82) is 0 Å². The number of urea groups is 1. The van der Waals surface area contributed by atoms with E-state index in [0.29, 0.717) is 12.5 Å². The van der Waals surface area contributed by atoms with Crippen LogP contribution in [0.1, 0.15) is 44.2 Å².